The third-order valence-corrected chi connectivity index (χ3v) is 5.20. The number of fused-ring (bicyclic) bond motifs is 1. The van der Waals surface area contributed by atoms with E-state index in [2.05, 4.69) is 27.1 Å². The molecular weight excluding hydrogens is 414 g/mol. The van der Waals surface area contributed by atoms with Crippen molar-refractivity contribution in [3.63, 3.8) is 0 Å². The Balaban J connectivity index is 1.41. The Bertz CT molecular complexity index is 1540. The number of nitrogens with zero attached hydrogens (tertiary/aromatic N) is 4. The van der Waals surface area contributed by atoms with Crippen LogP contribution in [0.4, 0.5) is 5.69 Å². The number of amides is 1. The SMILES string of the molecule is Cc1ccc(C(=O)Nc2cc(O)cc(-n3ccnc3)c2)cc1C#Cc1cnc2ccccn12. The van der Waals surface area contributed by atoms with E-state index in [0.717, 1.165) is 22.5 Å². The molecule has 0 aliphatic rings. The fraction of sp³-hybridized carbons (Fsp3) is 0.0385. The van der Waals surface area contributed by atoms with Crippen molar-refractivity contribution in [2.24, 2.45) is 0 Å². The van der Waals surface area contributed by atoms with Gasteiger partial charge in [0.05, 0.1) is 18.2 Å². The molecule has 0 spiro atoms. The van der Waals surface area contributed by atoms with E-state index in [1.54, 1.807) is 53.8 Å². The summed E-state index contributed by atoms with van der Waals surface area (Å²) in [6, 6.07) is 16.0. The minimum Gasteiger partial charge on any atom is -0.508 e. The molecule has 0 radical (unpaired) electrons. The Morgan fingerprint density at radius 3 is 2.82 bits per heavy atom. The van der Waals surface area contributed by atoms with E-state index < -0.39 is 0 Å². The predicted molar refractivity (Wildman–Crippen MR) is 126 cm³/mol. The van der Waals surface area contributed by atoms with Crippen LogP contribution in [0.25, 0.3) is 11.3 Å². The molecule has 0 atom stereocenters. The highest BCUT2D eigenvalue weighted by molar-refractivity contribution is 6.04. The lowest BCUT2D eigenvalue weighted by Gasteiger charge is -2.10. The zero-order valence-electron chi connectivity index (χ0n) is 17.7. The molecule has 2 aromatic carbocycles. The highest BCUT2D eigenvalue weighted by atomic mass is 16.3. The minimum absolute atomic E-state index is 0.0417. The molecule has 160 valence electrons. The molecular formula is C26H19N5O2. The standard InChI is InChI=1S/C26H19N5O2/c1-18-5-6-20(12-19(18)7-8-22-16-28-25-4-2-3-10-31(22)25)26(33)29-21-13-23(15-24(32)14-21)30-11-9-27-17-30/h2-6,9-17,32H,1H3,(H,29,33). The fourth-order valence-corrected chi connectivity index (χ4v) is 3.49. The molecule has 0 saturated carbocycles. The number of nitrogens with one attached hydrogen (secondary N) is 1. The number of phenols is 1. The first-order valence-corrected chi connectivity index (χ1v) is 10.3. The molecule has 0 unspecified atom stereocenters. The molecule has 0 fully saturated rings. The van der Waals surface area contributed by atoms with Crippen LogP contribution in [0.1, 0.15) is 27.2 Å². The van der Waals surface area contributed by atoms with Gasteiger partial charge in [-0.25, -0.2) is 9.97 Å². The van der Waals surface area contributed by atoms with Gasteiger partial charge in [-0.15, -0.1) is 0 Å². The Morgan fingerprint density at radius 1 is 1.06 bits per heavy atom. The maximum absolute atomic E-state index is 12.9. The summed E-state index contributed by atoms with van der Waals surface area (Å²) in [6.45, 7) is 1.95. The Kier molecular flexibility index (Phi) is 5.09. The number of carbonyl (C=O) groups is 1. The second-order valence-electron chi connectivity index (χ2n) is 7.51. The van der Waals surface area contributed by atoms with Crippen LogP contribution in [0, 0.1) is 18.8 Å². The fourth-order valence-electron chi connectivity index (χ4n) is 3.49. The van der Waals surface area contributed by atoms with Crippen molar-refractivity contribution < 1.29 is 9.90 Å². The molecule has 1 amide bonds. The van der Waals surface area contributed by atoms with Gasteiger partial charge in [0.2, 0.25) is 0 Å². The maximum Gasteiger partial charge on any atom is 0.255 e. The summed E-state index contributed by atoms with van der Waals surface area (Å²) in [4.78, 5) is 21.3. The molecule has 2 N–H and O–H groups in total. The Morgan fingerprint density at radius 2 is 1.97 bits per heavy atom. The summed E-state index contributed by atoms with van der Waals surface area (Å²) in [5.41, 5.74) is 4.94. The van der Waals surface area contributed by atoms with Crippen molar-refractivity contribution in [3.05, 3.63) is 108 Å². The van der Waals surface area contributed by atoms with Crippen molar-refractivity contribution >= 4 is 17.2 Å². The van der Waals surface area contributed by atoms with Gasteiger partial charge in [-0.2, -0.15) is 0 Å². The first-order chi connectivity index (χ1) is 16.1. The van der Waals surface area contributed by atoms with E-state index in [1.165, 1.54) is 6.07 Å². The number of aromatic nitrogens is 4. The number of anilines is 1. The van der Waals surface area contributed by atoms with Crippen molar-refractivity contribution in [1.82, 2.24) is 18.9 Å². The number of hydrogen-bond donors (Lipinski definition) is 2. The minimum atomic E-state index is -0.296. The van der Waals surface area contributed by atoms with Gasteiger partial charge in [-0.1, -0.05) is 18.1 Å². The van der Waals surface area contributed by atoms with Crippen LogP contribution in [0.3, 0.4) is 0 Å². The Labute approximate surface area is 190 Å². The maximum atomic E-state index is 12.9. The molecule has 0 aliphatic heterocycles. The van der Waals surface area contributed by atoms with Gasteiger partial charge < -0.3 is 15.0 Å². The van der Waals surface area contributed by atoms with Gasteiger partial charge >= 0.3 is 0 Å². The molecule has 33 heavy (non-hydrogen) atoms. The van der Waals surface area contributed by atoms with E-state index in [1.807, 2.05) is 41.8 Å². The molecule has 5 rings (SSSR count). The third kappa shape index (κ3) is 4.18. The van der Waals surface area contributed by atoms with Crippen LogP contribution in [0.15, 0.2) is 85.7 Å². The van der Waals surface area contributed by atoms with Gasteiger partial charge in [0.25, 0.3) is 5.91 Å². The molecule has 3 heterocycles. The zero-order valence-corrected chi connectivity index (χ0v) is 17.7. The second-order valence-corrected chi connectivity index (χ2v) is 7.51. The molecule has 7 nitrogen and oxygen atoms in total. The summed E-state index contributed by atoms with van der Waals surface area (Å²) in [7, 11) is 0. The molecule has 3 aromatic heterocycles. The van der Waals surface area contributed by atoms with Gasteiger partial charge in [-0.3, -0.25) is 9.20 Å². The van der Waals surface area contributed by atoms with E-state index in [-0.39, 0.29) is 11.7 Å². The number of aromatic hydroxyl groups is 1. The average Bonchev–Trinajstić information content (AvgIpc) is 3.49. The lowest BCUT2D eigenvalue weighted by atomic mass is 10.0. The van der Waals surface area contributed by atoms with Crippen molar-refractivity contribution in [2.45, 2.75) is 6.92 Å². The summed E-state index contributed by atoms with van der Waals surface area (Å²) in [5.74, 6) is 6.06. The average molecular weight is 433 g/mol. The number of phenolic OH excluding ortho intramolecular Hbond substituents is 1. The summed E-state index contributed by atoms with van der Waals surface area (Å²) >= 11 is 0. The molecule has 0 saturated heterocycles. The van der Waals surface area contributed by atoms with Gasteiger partial charge in [0.1, 0.15) is 17.1 Å². The number of pyridine rings is 1. The smallest absolute Gasteiger partial charge is 0.255 e. The third-order valence-electron chi connectivity index (χ3n) is 5.20. The van der Waals surface area contributed by atoms with Crippen LogP contribution in [0.2, 0.25) is 0 Å². The largest absolute Gasteiger partial charge is 0.508 e. The molecule has 7 heteroatoms. The normalized spacial score (nSPS) is 10.6. The quantitative estimate of drug-likeness (QED) is 0.418. The second kappa shape index (κ2) is 8.36. The highest BCUT2D eigenvalue weighted by Crippen LogP contribution is 2.23. The van der Waals surface area contributed by atoms with E-state index in [0.29, 0.717) is 16.9 Å². The van der Waals surface area contributed by atoms with Crippen molar-refractivity contribution in [3.8, 4) is 23.3 Å². The number of imidazole rings is 2. The van der Waals surface area contributed by atoms with E-state index in [4.69, 9.17) is 0 Å². The first kappa shape index (κ1) is 20.1. The van der Waals surface area contributed by atoms with Gasteiger partial charge in [0.15, 0.2) is 0 Å². The van der Waals surface area contributed by atoms with E-state index >= 15 is 0 Å². The van der Waals surface area contributed by atoms with Gasteiger partial charge in [-0.05, 0) is 48.7 Å². The molecule has 0 aliphatic carbocycles. The topological polar surface area (TPSA) is 84.5 Å². The summed E-state index contributed by atoms with van der Waals surface area (Å²) < 4.78 is 3.66. The number of hydrogen-bond acceptors (Lipinski definition) is 4. The highest BCUT2D eigenvalue weighted by Gasteiger charge is 2.10. The number of carbonyl (C=O) groups excluding carboxylic acids is 1. The lowest BCUT2D eigenvalue weighted by Crippen LogP contribution is -2.12. The predicted octanol–water partition coefficient (Wildman–Crippen LogP) is 4.19. The Hall–Kier alpha value is -4.83. The number of benzene rings is 2. The summed E-state index contributed by atoms with van der Waals surface area (Å²) in [6.07, 6.45) is 8.67. The summed E-state index contributed by atoms with van der Waals surface area (Å²) in [5, 5.41) is 12.9. The first-order valence-electron chi connectivity index (χ1n) is 10.3. The molecule has 5 aromatic rings. The zero-order chi connectivity index (χ0) is 22.8. The van der Waals surface area contributed by atoms with Gasteiger partial charge in [0, 0.05) is 47.5 Å². The monoisotopic (exact) mass is 433 g/mol. The van der Waals surface area contributed by atoms with Crippen LogP contribution in [-0.4, -0.2) is 29.9 Å². The molecule has 0 bridgehead atoms. The number of rotatable bonds is 3. The van der Waals surface area contributed by atoms with Crippen LogP contribution >= 0.6 is 0 Å². The van der Waals surface area contributed by atoms with Crippen LogP contribution in [-0.2, 0) is 0 Å². The number of aryl methyl sites for hydroxylation is 1. The van der Waals surface area contributed by atoms with Crippen LogP contribution < -0.4 is 5.32 Å². The van der Waals surface area contributed by atoms with Crippen molar-refractivity contribution in [2.75, 3.05) is 5.32 Å². The van der Waals surface area contributed by atoms with E-state index in [9.17, 15) is 9.90 Å². The van der Waals surface area contributed by atoms with Crippen molar-refractivity contribution in [1.29, 1.82) is 0 Å². The lowest BCUT2D eigenvalue weighted by molar-refractivity contribution is 0.102. The van der Waals surface area contributed by atoms with Crippen LogP contribution in [0.5, 0.6) is 5.75 Å².